The van der Waals surface area contributed by atoms with Crippen LogP contribution in [-0.4, -0.2) is 13.0 Å². The molecule has 13 heavy (non-hydrogen) atoms. The second-order valence-corrected chi connectivity index (χ2v) is 3.79. The molecule has 0 saturated carbocycles. The van der Waals surface area contributed by atoms with Crippen LogP contribution in [0.5, 0.6) is 0 Å². The SMILES string of the molecule is Cl.Cl.O=S(=O)(O)c1ccc(Cl)cc1. The first-order valence-electron chi connectivity index (χ1n) is 2.73. The Labute approximate surface area is 93.7 Å². The Kier molecular flexibility index (Phi) is 6.75. The number of hydrogen-bond donors (Lipinski definition) is 1. The predicted octanol–water partition coefficient (Wildman–Crippen LogP) is 2.43. The monoisotopic (exact) mass is 264 g/mol. The maximum absolute atomic E-state index is 10.5. The van der Waals surface area contributed by atoms with Gasteiger partial charge in [-0.3, -0.25) is 4.55 Å². The highest BCUT2D eigenvalue weighted by Gasteiger charge is 2.07. The number of rotatable bonds is 1. The molecular formula is C6H7Cl3O3S. The zero-order valence-corrected chi connectivity index (χ0v) is 9.38. The van der Waals surface area contributed by atoms with Crippen LogP contribution in [0.4, 0.5) is 0 Å². The fourth-order valence-corrected chi connectivity index (χ4v) is 1.21. The number of hydrogen-bond acceptors (Lipinski definition) is 2. The lowest BCUT2D eigenvalue weighted by molar-refractivity contribution is 0.483. The smallest absolute Gasteiger partial charge is 0.282 e. The maximum atomic E-state index is 10.5. The zero-order chi connectivity index (χ0) is 8.48. The van der Waals surface area contributed by atoms with E-state index in [1.807, 2.05) is 0 Å². The predicted molar refractivity (Wildman–Crippen MR) is 55.8 cm³/mol. The van der Waals surface area contributed by atoms with Gasteiger partial charge in [0, 0.05) is 5.02 Å². The molecule has 0 unspecified atom stereocenters. The van der Waals surface area contributed by atoms with Gasteiger partial charge in [0.2, 0.25) is 0 Å². The Morgan fingerprint density at radius 1 is 1.08 bits per heavy atom. The van der Waals surface area contributed by atoms with Crippen molar-refractivity contribution in [1.82, 2.24) is 0 Å². The molecule has 0 aromatic heterocycles. The topological polar surface area (TPSA) is 54.4 Å². The first-order chi connectivity index (χ1) is 5.00. The molecule has 0 bridgehead atoms. The van der Waals surface area contributed by atoms with Crippen molar-refractivity contribution in [2.45, 2.75) is 4.90 Å². The molecule has 0 amide bonds. The minimum atomic E-state index is -4.08. The average Bonchev–Trinajstić information content (AvgIpc) is 1.86. The van der Waals surface area contributed by atoms with Gasteiger partial charge < -0.3 is 0 Å². The lowest BCUT2D eigenvalue weighted by Crippen LogP contribution is -1.96. The Morgan fingerprint density at radius 2 is 1.46 bits per heavy atom. The molecule has 0 saturated heterocycles. The van der Waals surface area contributed by atoms with Crippen LogP contribution >= 0.6 is 36.4 Å². The highest BCUT2D eigenvalue weighted by Crippen LogP contribution is 2.12. The van der Waals surface area contributed by atoms with Gasteiger partial charge in [0.1, 0.15) is 0 Å². The summed E-state index contributed by atoms with van der Waals surface area (Å²) in [6, 6.07) is 5.25. The van der Waals surface area contributed by atoms with Crippen molar-refractivity contribution in [2.75, 3.05) is 0 Å². The van der Waals surface area contributed by atoms with E-state index in [-0.39, 0.29) is 29.7 Å². The minimum Gasteiger partial charge on any atom is -0.282 e. The van der Waals surface area contributed by atoms with Crippen LogP contribution in [0, 0.1) is 0 Å². The van der Waals surface area contributed by atoms with Crippen LogP contribution in [0.25, 0.3) is 0 Å². The molecule has 0 spiro atoms. The molecule has 0 radical (unpaired) electrons. The van der Waals surface area contributed by atoms with Crippen molar-refractivity contribution in [2.24, 2.45) is 0 Å². The highest BCUT2D eigenvalue weighted by atomic mass is 35.5. The van der Waals surface area contributed by atoms with Gasteiger partial charge in [0.25, 0.3) is 10.1 Å². The van der Waals surface area contributed by atoms with E-state index in [2.05, 4.69) is 0 Å². The van der Waals surface area contributed by atoms with Gasteiger partial charge in [0.15, 0.2) is 0 Å². The molecule has 1 N–H and O–H groups in total. The van der Waals surface area contributed by atoms with Gasteiger partial charge in [0.05, 0.1) is 4.90 Å². The number of benzene rings is 1. The molecule has 1 aromatic rings. The van der Waals surface area contributed by atoms with Crippen molar-refractivity contribution in [3.63, 3.8) is 0 Å². The van der Waals surface area contributed by atoms with Gasteiger partial charge in [-0.15, -0.1) is 24.8 Å². The summed E-state index contributed by atoms with van der Waals surface area (Å²) in [6.45, 7) is 0. The fraction of sp³-hybridized carbons (Fsp3) is 0. The second kappa shape index (κ2) is 5.67. The van der Waals surface area contributed by atoms with Crippen molar-refractivity contribution in [1.29, 1.82) is 0 Å². The Hall–Kier alpha value is 0. The molecule has 7 heteroatoms. The minimum absolute atomic E-state index is 0. The van der Waals surface area contributed by atoms with Crippen molar-refractivity contribution >= 4 is 46.5 Å². The lowest BCUT2D eigenvalue weighted by Gasteiger charge is -1.94. The van der Waals surface area contributed by atoms with Crippen molar-refractivity contribution in [3.8, 4) is 0 Å². The van der Waals surface area contributed by atoms with E-state index in [1.54, 1.807) is 0 Å². The largest absolute Gasteiger partial charge is 0.294 e. The summed E-state index contributed by atoms with van der Waals surface area (Å²) >= 11 is 5.49. The molecule has 76 valence electrons. The van der Waals surface area contributed by atoms with Crippen molar-refractivity contribution in [3.05, 3.63) is 29.3 Å². The summed E-state index contributed by atoms with van der Waals surface area (Å²) in [5.74, 6) is 0. The zero-order valence-electron chi connectivity index (χ0n) is 6.18. The lowest BCUT2D eigenvalue weighted by atomic mass is 10.4. The summed E-state index contributed by atoms with van der Waals surface area (Å²) in [5.41, 5.74) is 0. The maximum Gasteiger partial charge on any atom is 0.294 e. The molecule has 0 aliphatic rings. The van der Waals surface area contributed by atoms with Gasteiger partial charge in [-0.05, 0) is 24.3 Å². The quantitative estimate of drug-likeness (QED) is 0.794. The third kappa shape index (κ3) is 4.69. The summed E-state index contributed by atoms with van der Waals surface area (Å²) in [6.07, 6.45) is 0. The van der Waals surface area contributed by atoms with E-state index in [9.17, 15) is 8.42 Å². The molecule has 0 aliphatic carbocycles. The first-order valence-corrected chi connectivity index (χ1v) is 4.55. The molecule has 0 atom stereocenters. The number of halogens is 3. The summed E-state index contributed by atoms with van der Waals surface area (Å²) in [4.78, 5) is -0.151. The third-order valence-corrected chi connectivity index (χ3v) is 2.23. The van der Waals surface area contributed by atoms with E-state index in [1.165, 1.54) is 24.3 Å². The van der Waals surface area contributed by atoms with Crippen molar-refractivity contribution < 1.29 is 13.0 Å². The summed E-state index contributed by atoms with van der Waals surface area (Å²) in [5, 5.41) is 0.428. The Morgan fingerprint density at radius 3 is 1.77 bits per heavy atom. The average molecular weight is 266 g/mol. The van der Waals surface area contributed by atoms with E-state index in [0.717, 1.165) is 0 Å². The molecule has 0 heterocycles. The first kappa shape index (κ1) is 15.5. The van der Waals surface area contributed by atoms with E-state index in [4.69, 9.17) is 16.2 Å². The molecule has 0 aliphatic heterocycles. The van der Waals surface area contributed by atoms with E-state index < -0.39 is 10.1 Å². The summed E-state index contributed by atoms with van der Waals surface area (Å²) in [7, 11) is -4.08. The molecular weight excluding hydrogens is 258 g/mol. The molecule has 3 nitrogen and oxygen atoms in total. The fourth-order valence-electron chi connectivity index (χ4n) is 0.607. The molecule has 0 fully saturated rings. The second-order valence-electron chi connectivity index (χ2n) is 1.93. The summed E-state index contributed by atoms with van der Waals surface area (Å²) < 4.78 is 29.4. The molecule has 1 rings (SSSR count). The van der Waals surface area contributed by atoms with Crippen LogP contribution in [0.1, 0.15) is 0 Å². The Balaban J connectivity index is 0. The standard InChI is InChI=1S/C6H5ClO3S.2ClH/c7-5-1-3-6(4-2-5)11(8,9)10;;/h1-4H,(H,8,9,10);2*1H. The molecule has 1 aromatic carbocycles. The van der Waals surface area contributed by atoms with Crippen LogP contribution in [-0.2, 0) is 10.1 Å². The van der Waals surface area contributed by atoms with Crippen LogP contribution in [0.2, 0.25) is 5.02 Å². The van der Waals surface area contributed by atoms with Gasteiger partial charge >= 0.3 is 0 Å². The highest BCUT2D eigenvalue weighted by molar-refractivity contribution is 7.85. The van der Waals surface area contributed by atoms with Gasteiger partial charge in [-0.25, -0.2) is 0 Å². The van der Waals surface area contributed by atoms with E-state index >= 15 is 0 Å². The van der Waals surface area contributed by atoms with Gasteiger partial charge in [-0.1, -0.05) is 11.6 Å². The van der Waals surface area contributed by atoms with Crippen LogP contribution in [0.3, 0.4) is 0 Å². The third-order valence-electron chi connectivity index (χ3n) is 1.11. The van der Waals surface area contributed by atoms with Gasteiger partial charge in [-0.2, -0.15) is 8.42 Å². The van der Waals surface area contributed by atoms with Crippen LogP contribution < -0.4 is 0 Å². The van der Waals surface area contributed by atoms with Crippen LogP contribution in [0.15, 0.2) is 29.2 Å². The Bertz CT molecular complexity index is 346. The normalized spacial score (nSPS) is 9.69. The van der Waals surface area contributed by atoms with E-state index in [0.29, 0.717) is 5.02 Å².